The van der Waals surface area contributed by atoms with E-state index in [0.29, 0.717) is 23.8 Å². The number of carbonyl (C=O) groups excluding carboxylic acids is 1. The number of nitrogens with zero attached hydrogens (tertiary/aromatic N) is 3. The Labute approximate surface area is 159 Å². The van der Waals surface area contributed by atoms with Crippen molar-refractivity contribution in [2.75, 3.05) is 11.9 Å². The Hall–Kier alpha value is -2.92. The van der Waals surface area contributed by atoms with Crippen LogP contribution in [0.25, 0.3) is 0 Å². The Bertz CT molecular complexity index is 931. The molecule has 0 saturated heterocycles. The third-order valence-electron chi connectivity index (χ3n) is 3.41. The molecule has 0 radical (unpaired) electrons. The Kier molecular flexibility index (Phi) is 6.69. The van der Waals surface area contributed by atoms with E-state index in [4.69, 9.17) is 10.00 Å². The molecule has 2 aromatic heterocycles. The zero-order valence-electron chi connectivity index (χ0n) is 14.2. The minimum Gasteiger partial charge on any atom is -0.478 e. The topological polar surface area (TPSA) is 97.0 Å². The number of halogens is 1. The van der Waals surface area contributed by atoms with Crippen LogP contribution in [0.2, 0.25) is 0 Å². The van der Waals surface area contributed by atoms with E-state index < -0.39 is 0 Å². The lowest BCUT2D eigenvalue weighted by Gasteiger charge is -2.09. The molecule has 1 N–H and O–H groups in total. The Morgan fingerprint density at radius 1 is 1.50 bits per heavy atom. The molecule has 0 fully saturated rings. The first kappa shape index (κ1) is 19.4. The standard InChI is InChI=1S/C18H17BrN4O3/c1-12(10-20)15(24)5-4-8-26-17-7-3-6-16(22-17)21-14-9-13(19)11-23(2)18(14)25/h3,6-7,9,11H,1,4-5,8H2,2H3,(H,21,22). The van der Waals surface area contributed by atoms with Gasteiger partial charge in [-0.1, -0.05) is 12.6 Å². The summed E-state index contributed by atoms with van der Waals surface area (Å²) < 4.78 is 7.74. The molecule has 0 spiro atoms. The van der Waals surface area contributed by atoms with Crippen molar-refractivity contribution in [3.05, 3.63) is 57.4 Å². The number of rotatable bonds is 8. The second kappa shape index (κ2) is 8.97. The lowest BCUT2D eigenvalue weighted by molar-refractivity contribution is -0.115. The maximum atomic E-state index is 12.1. The largest absolute Gasteiger partial charge is 0.478 e. The monoisotopic (exact) mass is 416 g/mol. The molecule has 7 nitrogen and oxygen atoms in total. The lowest BCUT2D eigenvalue weighted by atomic mass is 10.1. The average Bonchev–Trinajstić information content (AvgIpc) is 2.62. The number of carbonyl (C=O) groups is 1. The SMILES string of the molecule is C=C(C#N)C(=O)CCCOc1cccc(Nc2cc(Br)cn(C)c2=O)n1. The lowest BCUT2D eigenvalue weighted by Crippen LogP contribution is -2.19. The van der Waals surface area contributed by atoms with Crippen LogP contribution in [-0.2, 0) is 11.8 Å². The molecular weight excluding hydrogens is 400 g/mol. The van der Waals surface area contributed by atoms with Gasteiger partial charge >= 0.3 is 0 Å². The van der Waals surface area contributed by atoms with Gasteiger partial charge in [-0.3, -0.25) is 9.59 Å². The van der Waals surface area contributed by atoms with Crippen LogP contribution in [0.5, 0.6) is 5.88 Å². The number of aromatic nitrogens is 2. The van der Waals surface area contributed by atoms with Gasteiger partial charge < -0.3 is 14.6 Å². The third-order valence-corrected chi connectivity index (χ3v) is 3.84. The van der Waals surface area contributed by atoms with Gasteiger partial charge in [-0.25, -0.2) is 0 Å². The van der Waals surface area contributed by atoms with Crippen molar-refractivity contribution < 1.29 is 9.53 Å². The molecule has 0 aliphatic carbocycles. The van der Waals surface area contributed by atoms with Gasteiger partial charge in [0.2, 0.25) is 5.88 Å². The number of ether oxygens (including phenoxy) is 1. The maximum Gasteiger partial charge on any atom is 0.274 e. The van der Waals surface area contributed by atoms with E-state index in [1.165, 1.54) is 4.57 Å². The first-order chi connectivity index (χ1) is 12.4. The highest BCUT2D eigenvalue weighted by molar-refractivity contribution is 9.10. The Balaban J connectivity index is 1.96. The summed E-state index contributed by atoms with van der Waals surface area (Å²) in [7, 11) is 1.66. The van der Waals surface area contributed by atoms with Crippen molar-refractivity contribution in [2.45, 2.75) is 12.8 Å². The van der Waals surface area contributed by atoms with Gasteiger partial charge in [0.05, 0.1) is 12.2 Å². The van der Waals surface area contributed by atoms with E-state index in [1.807, 2.05) is 0 Å². The normalized spacial score (nSPS) is 10.0. The number of nitriles is 1. The fourth-order valence-corrected chi connectivity index (χ4v) is 2.62. The fourth-order valence-electron chi connectivity index (χ4n) is 2.09. The molecule has 26 heavy (non-hydrogen) atoms. The number of aryl methyl sites for hydroxylation is 1. The number of ketones is 1. The van der Waals surface area contributed by atoms with Crippen molar-refractivity contribution in [1.82, 2.24) is 9.55 Å². The van der Waals surface area contributed by atoms with Gasteiger partial charge in [-0.15, -0.1) is 0 Å². The van der Waals surface area contributed by atoms with E-state index in [2.05, 4.69) is 32.8 Å². The molecule has 0 atom stereocenters. The summed E-state index contributed by atoms with van der Waals surface area (Å²) in [5.74, 6) is 0.546. The Morgan fingerprint density at radius 2 is 2.27 bits per heavy atom. The summed E-state index contributed by atoms with van der Waals surface area (Å²) in [6.07, 6.45) is 2.31. The van der Waals surface area contributed by atoms with Crippen molar-refractivity contribution in [3.8, 4) is 11.9 Å². The van der Waals surface area contributed by atoms with E-state index in [1.54, 1.807) is 43.6 Å². The summed E-state index contributed by atoms with van der Waals surface area (Å²) in [6, 6.07) is 8.54. The smallest absolute Gasteiger partial charge is 0.274 e. The number of nitrogens with one attached hydrogen (secondary N) is 1. The van der Waals surface area contributed by atoms with Crippen LogP contribution in [0.3, 0.4) is 0 Å². The molecule has 2 heterocycles. The first-order valence-electron chi connectivity index (χ1n) is 7.76. The van der Waals surface area contributed by atoms with E-state index >= 15 is 0 Å². The average molecular weight is 417 g/mol. The quantitative estimate of drug-likeness (QED) is 0.403. The molecule has 2 aromatic rings. The van der Waals surface area contributed by atoms with Crippen molar-refractivity contribution in [2.24, 2.45) is 7.05 Å². The molecule has 0 aromatic carbocycles. The maximum absolute atomic E-state index is 12.1. The summed E-state index contributed by atoms with van der Waals surface area (Å²) in [4.78, 5) is 27.9. The van der Waals surface area contributed by atoms with Crippen LogP contribution in [0.15, 0.2) is 51.9 Å². The zero-order chi connectivity index (χ0) is 19.1. The number of hydrogen-bond acceptors (Lipinski definition) is 6. The molecule has 0 bridgehead atoms. The number of hydrogen-bond donors (Lipinski definition) is 1. The minimum absolute atomic E-state index is 0.0510. The molecule has 0 unspecified atom stereocenters. The first-order valence-corrected chi connectivity index (χ1v) is 8.55. The van der Waals surface area contributed by atoms with Crippen LogP contribution in [0.4, 0.5) is 11.5 Å². The number of Topliss-reactive ketones (excluding diaryl/α,β-unsaturated/α-hetero) is 1. The van der Waals surface area contributed by atoms with Crippen LogP contribution in [-0.4, -0.2) is 21.9 Å². The second-order valence-corrected chi connectivity index (χ2v) is 6.36. The molecule has 8 heteroatoms. The van der Waals surface area contributed by atoms with Gasteiger partial charge in [-0.2, -0.15) is 10.2 Å². The van der Waals surface area contributed by atoms with Gasteiger partial charge in [0, 0.05) is 30.2 Å². The van der Waals surface area contributed by atoms with E-state index in [9.17, 15) is 9.59 Å². The van der Waals surface area contributed by atoms with Crippen molar-refractivity contribution in [1.29, 1.82) is 5.26 Å². The highest BCUT2D eigenvalue weighted by Crippen LogP contribution is 2.18. The molecule has 0 aliphatic rings. The van der Waals surface area contributed by atoms with Gasteiger partial charge in [-0.05, 0) is 34.5 Å². The van der Waals surface area contributed by atoms with Crippen molar-refractivity contribution >= 4 is 33.2 Å². The molecule has 0 saturated carbocycles. The third kappa shape index (κ3) is 5.29. The van der Waals surface area contributed by atoms with Crippen LogP contribution < -0.4 is 15.6 Å². The minimum atomic E-state index is -0.287. The zero-order valence-corrected chi connectivity index (χ0v) is 15.7. The predicted octanol–water partition coefficient (Wildman–Crippen LogP) is 3.09. The number of anilines is 2. The highest BCUT2D eigenvalue weighted by Gasteiger charge is 2.08. The number of pyridine rings is 2. The van der Waals surface area contributed by atoms with Gasteiger partial charge in [0.1, 0.15) is 17.6 Å². The summed E-state index contributed by atoms with van der Waals surface area (Å²) in [5.41, 5.74) is 0.148. The second-order valence-electron chi connectivity index (χ2n) is 5.44. The van der Waals surface area contributed by atoms with Crippen molar-refractivity contribution in [3.63, 3.8) is 0 Å². The van der Waals surface area contributed by atoms with Gasteiger partial charge in [0.25, 0.3) is 5.56 Å². The summed E-state index contributed by atoms with van der Waals surface area (Å²) in [5, 5.41) is 11.6. The van der Waals surface area contributed by atoms with Crippen LogP contribution >= 0.6 is 15.9 Å². The van der Waals surface area contributed by atoms with E-state index in [0.717, 1.165) is 4.47 Å². The van der Waals surface area contributed by atoms with Crippen LogP contribution in [0.1, 0.15) is 12.8 Å². The molecular formula is C18H17BrN4O3. The Morgan fingerprint density at radius 3 is 3.00 bits per heavy atom. The molecule has 2 rings (SSSR count). The molecule has 0 aliphatic heterocycles. The van der Waals surface area contributed by atoms with Gasteiger partial charge in [0.15, 0.2) is 5.78 Å². The fraction of sp³-hybridized carbons (Fsp3) is 0.222. The molecule has 0 amide bonds. The predicted molar refractivity (Wildman–Crippen MR) is 101 cm³/mol. The highest BCUT2D eigenvalue weighted by atomic mass is 79.9. The number of allylic oxidation sites excluding steroid dienone is 1. The van der Waals surface area contributed by atoms with E-state index in [-0.39, 0.29) is 29.9 Å². The summed E-state index contributed by atoms with van der Waals surface area (Å²) >= 11 is 3.35. The van der Waals surface area contributed by atoms with Crippen LogP contribution in [0, 0.1) is 11.3 Å². The summed E-state index contributed by atoms with van der Waals surface area (Å²) in [6.45, 7) is 3.66. The molecule has 134 valence electrons.